The Bertz CT molecular complexity index is 1730. The molecule has 49 heavy (non-hydrogen) atoms. The summed E-state index contributed by atoms with van der Waals surface area (Å²) in [6.45, 7) is 8.89. The standard InChI is InChI=1S/C36H45BrN4O8/c1-19(13-20(2)15-22(4)49-32(45)18-30(43)24-11-12-29(42)31(44)16-24)14-21(3)35(47)39-23(5)36(48)41(6)28(34(38)46)17-26-25-9-7-8-10-27(25)40-33(26)37/h7-13,16,20-23,28,40,42,44H,14-15,17-18H2,1-6H3,(H2,38,46)(H,39,47)/b19-13+/t20-,21-,22-,23-,28+/m0/s1. The van der Waals surface area contributed by atoms with Gasteiger partial charge >= 0.3 is 5.97 Å². The average molecular weight is 742 g/mol. The molecule has 12 nitrogen and oxygen atoms in total. The molecule has 0 saturated heterocycles. The molecule has 0 spiro atoms. The number of amides is 3. The molecule has 0 radical (unpaired) electrons. The SMILES string of the molecule is C/C(=C\[C@H](C)C[C@H](C)OC(=O)CC(=O)c1ccc(O)c(O)c1)C[C@H](C)C(=O)N[C@@H](C)C(=O)N(C)[C@H](Cc1c(Br)[nH]c2ccccc12)C(N)=O. The molecule has 0 aliphatic rings. The molecule has 0 aliphatic carbocycles. The van der Waals surface area contributed by atoms with Crippen LogP contribution < -0.4 is 11.1 Å². The van der Waals surface area contributed by atoms with Gasteiger partial charge in [-0.3, -0.25) is 24.0 Å². The van der Waals surface area contributed by atoms with Crippen LogP contribution in [0.15, 0.2) is 58.7 Å². The number of aromatic nitrogens is 1. The Balaban J connectivity index is 1.49. The molecule has 0 saturated carbocycles. The number of halogens is 1. The van der Waals surface area contributed by atoms with Crippen LogP contribution in [0.4, 0.5) is 0 Å². The van der Waals surface area contributed by atoms with E-state index >= 15 is 0 Å². The molecule has 264 valence electrons. The Labute approximate surface area is 294 Å². The number of nitrogens with one attached hydrogen (secondary N) is 2. The maximum absolute atomic E-state index is 13.3. The van der Waals surface area contributed by atoms with Crippen molar-refractivity contribution in [3.05, 3.63) is 69.8 Å². The van der Waals surface area contributed by atoms with Crippen LogP contribution in [0.1, 0.15) is 69.8 Å². The second kappa shape index (κ2) is 17.1. The fourth-order valence-corrected chi connectivity index (χ4v) is 6.42. The van der Waals surface area contributed by atoms with Crippen LogP contribution in [0, 0.1) is 11.8 Å². The molecule has 3 rings (SSSR count). The monoisotopic (exact) mass is 740 g/mol. The number of phenols is 2. The maximum atomic E-state index is 13.3. The molecule has 0 bridgehead atoms. The topological polar surface area (TPSA) is 192 Å². The van der Waals surface area contributed by atoms with E-state index in [1.54, 1.807) is 20.8 Å². The number of rotatable bonds is 16. The van der Waals surface area contributed by atoms with Crippen LogP contribution in [-0.4, -0.2) is 74.8 Å². The van der Waals surface area contributed by atoms with Gasteiger partial charge in [-0.2, -0.15) is 0 Å². The van der Waals surface area contributed by atoms with Gasteiger partial charge in [-0.15, -0.1) is 0 Å². The molecule has 13 heteroatoms. The molecular weight excluding hydrogens is 696 g/mol. The van der Waals surface area contributed by atoms with Gasteiger partial charge in [-0.1, -0.05) is 43.7 Å². The van der Waals surface area contributed by atoms with Gasteiger partial charge in [0.15, 0.2) is 17.3 Å². The Morgan fingerprint density at radius 1 is 1.04 bits per heavy atom. The third kappa shape index (κ3) is 10.7. The lowest BCUT2D eigenvalue weighted by atomic mass is 9.95. The highest BCUT2D eigenvalue weighted by molar-refractivity contribution is 9.10. The number of H-pyrrole nitrogens is 1. The summed E-state index contributed by atoms with van der Waals surface area (Å²) in [6.07, 6.45) is 2.08. The molecule has 5 atom stereocenters. The van der Waals surface area contributed by atoms with Gasteiger partial charge in [0, 0.05) is 35.9 Å². The van der Waals surface area contributed by atoms with E-state index in [1.165, 1.54) is 24.1 Å². The van der Waals surface area contributed by atoms with E-state index in [4.69, 9.17) is 10.5 Å². The summed E-state index contributed by atoms with van der Waals surface area (Å²) in [5.74, 6) is -3.98. The normalized spacial score (nSPS) is 14.7. The second-order valence-corrected chi connectivity index (χ2v) is 13.5. The van der Waals surface area contributed by atoms with E-state index in [0.717, 1.165) is 28.1 Å². The van der Waals surface area contributed by atoms with Crippen molar-refractivity contribution in [3.8, 4) is 11.5 Å². The van der Waals surface area contributed by atoms with Crippen molar-refractivity contribution in [3.63, 3.8) is 0 Å². The van der Waals surface area contributed by atoms with Gasteiger partial charge in [0.2, 0.25) is 17.7 Å². The molecule has 6 N–H and O–H groups in total. The molecule has 3 amide bonds. The lowest BCUT2D eigenvalue weighted by Gasteiger charge is -2.29. The highest BCUT2D eigenvalue weighted by Gasteiger charge is 2.31. The number of aromatic amines is 1. The van der Waals surface area contributed by atoms with Crippen LogP contribution in [0.5, 0.6) is 11.5 Å². The van der Waals surface area contributed by atoms with E-state index in [0.29, 0.717) is 17.4 Å². The summed E-state index contributed by atoms with van der Waals surface area (Å²) in [5.41, 5.74) is 8.45. The number of hydrogen-bond donors (Lipinski definition) is 5. The van der Waals surface area contributed by atoms with E-state index in [1.807, 2.05) is 44.2 Å². The fourth-order valence-electron chi connectivity index (χ4n) is 5.83. The van der Waals surface area contributed by atoms with Crippen molar-refractivity contribution >= 4 is 56.3 Å². The number of carbonyl (C=O) groups is 5. The van der Waals surface area contributed by atoms with Gasteiger partial charge in [0.25, 0.3) is 0 Å². The number of para-hydroxylation sites is 1. The number of nitrogens with two attached hydrogens (primary N) is 1. The summed E-state index contributed by atoms with van der Waals surface area (Å²) in [7, 11) is 1.50. The lowest BCUT2D eigenvalue weighted by molar-refractivity contribution is -0.147. The number of esters is 1. The zero-order valence-electron chi connectivity index (χ0n) is 28.6. The minimum absolute atomic E-state index is 0.0140. The summed E-state index contributed by atoms with van der Waals surface area (Å²) >= 11 is 3.51. The number of allylic oxidation sites excluding steroid dienone is 2. The second-order valence-electron chi connectivity index (χ2n) is 12.7. The smallest absolute Gasteiger partial charge is 0.313 e. The number of Topliss-reactive ketones (excluding diaryl/α,β-unsaturated/α-hetero) is 1. The molecule has 0 aliphatic heterocycles. The van der Waals surface area contributed by atoms with Crippen molar-refractivity contribution < 1.29 is 38.9 Å². The largest absolute Gasteiger partial charge is 0.504 e. The van der Waals surface area contributed by atoms with Crippen LogP contribution >= 0.6 is 15.9 Å². The Kier molecular flexibility index (Phi) is 13.6. The maximum Gasteiger partial charge on any atom is 0.313 e. The van der Waals surface area contributed by atoms with Crippen LogP contribution in [0.3, 0.4) is 0 Å². The van der Waals surface area contributed by atoms with Crippen molar-refractivity contribution in [2.45, 2.75) is 78.5 Å². The highest BCUT2D eigenvalue weighted by atomic mass is 79.9. The average Bonchev–Trinajstić information content (AvgIpc) is 3.33. The number of nitrogens with zero attached hydrogens (tertiary/aromatic N) is 1. The first-order valence-corrected chi connectivity index (χ1v) is 16.8. The Hall–Kier alpha value is -4.65. The first kappa shape index (κ1) is 38.8. The Morgan fingerprint density at radius 3 is 2.37 bits per heavy atom. The summed E-state index contributed by atoms with van der Waals surface area (Å²) in [5, 5.41) is 22.7. The number of fused-ring (bicyclic) bond motifs is 1. The van der Waals surface area contributed by atoms with E-state index in [9.17, 15) is 34.2 Å². The quantitative estimate of drug-likeness (QED) is 0.0450. The van der Waals surface area contributed by atoms with E-state index < -0.39 is 59.8 Å². The third-order valence-electron chi connectivity index (χ3n) is 8.32. The molecule has 0 unspecified atom stereocenters. The fraction of sp³-hybridized carbons (Fsp3) is 0.417. The molecular formula is C36H45BrN4O8. The number of likely N-dealkylation sites (N-methyl/N-ethyl adjacent to an activating group) is 1. The number of ether oxygens (including phenoxy) is 1. The first-order valence-electron chi connectivity index (χ1n) is 16.0. The van der Waals surface area contributed by atoms with Crippen LogP contribution in [-0.2, 0) is 30.3 Å². The summed E-state index contributed by atoms with van der Waals surface area (Å²) in [6, 6.07) is 9.34. The number of primary amides is 1. The number of benzene rings is 2. The summed E-state index contributed by atoms with van der Waals surface area (Å²) in [4.78, 5) is 68.0. The van der Waals surface area contributed by atoms with Crippen molar-refractivity contribution in [1.29, 1.82) is 0 Å². The zero-order valence-corrected chi connectivity index (χ0v) is 30.2. The summed E-state index contributed by atoms with van der Waals surface area (Å²) < 4.78 is 6.10. The predicted molar refractivity (Wildman–Crippen MR) is 189 cm³/mol. The molecule has 1 aromatic heterocycles. The van der Waals surface area contributed by atoms with Gasteiger partial charge in [0.1, 0.15) is 18.5 Å². The molecule has 0 fully saturated rings. The first-order chi connectivity index (χ1) is 23.0. The molecule has 1 heterocycles. The third-order valence-corrected chi connectivity index (χ3v) is 8.99. The van der Waals surface area contributed by atoms with E-state index in [-0.39, 0.29) is 29.6 Å². The number of aromatic hydroxyl groups is 2. The van der Waals surface area contributed by atoms with Crippen molar-refractivity contribution in [1.82, 2.24) is 15.2 Å². The van der Waals surface area contributed by atoms with Crippen LogP contribution in [0.2, 0.25) is 0 Å². The van der Waals surface area contributed by atoms with Gasteiger partial charge in [0.05, 0.1) is 10.7 Å². The minimum Gasteiger partial charge on any atom is -0.504 e. The number of ketones is 1. The lowest BCUT2D eigenvalue weighted by Crippen LogP contribution is -2.53. The van der Waals surface area contributed by atoms with Crippen molar-refractivity contribution in [2.75, 3.05) is 7.05 Å². The van der Waals surface area contributed by atoms with Gasteiger partial charge in [-0.05, 0) is 85.3 Å². The van der Waals surface area contributed by atoms with Crippen molar-refractivity contribution in [2.24, 2.45) is 17.6 Å². The Morgan fingerprint density at radius 2 is 1.71 bits per heavy atom. The highest BCUT2D eigenvalue weighted by Crippen LogP contribution is 2.29. The minimum atomic E-state index is -0.942. The van der Waals surface area contributed by atoms with Crippen LogP contribution in [0.25, 0.3) is 10.9 Å². The number of carbonyl (C=O) groups excluding carboxylic acids is 5. The number of phenolic OH excluding ortho intramolecular Hbond substituents is 2. The zero-order chi connectivity index (χ0) is 36.6. The predicted octanol–water partition coefficient (Wildman–Crippen LogP) is 4.90. The van der Waals surface area contributed by atoms with Gasteiger partial charge in [-0.25, -0.2) is 0 Å². The molecule has 2 aromatic carbocycles. The molecule has 3 aromatic rings. The van der Waals surface area contributed by atoms with E-state index in [2.05, 4.69) is 26.2 Å². The van der Waals surface area contributed by atoms with Gasteiger partial charge < -0.3 is 35.9 Å². The number of hydrogen-bond acceptors (Lipinski definition) is 8.